The van der Waals surface area contributed by atoms with Gasteiger partial charge in [-0.05, 0) is 236 Å². The minimum atomic E-state index is -4.18. The number of pyridine rings is 2. The summed E-state index contributed by atoms with van der Waals surface area (Å²) in [4.78, 5) is 69.8. The van der Waals surface area contributed by atoms with Crippen molar-refractivity contribution >= 4 is 62.8 Å². The molecule has 23 nitrogen and oxygen atoms in total. The summed E-state index contributed by atoms with van der Waals surface area (Å²) in [7, 11) is 2.20. The first-order valence-electron chi connectivity index (χ1n) is 39.3. The maximum atomic E-state index is 13.2. The maximum absolute atomic E-state index is 13.2. The molecule has 26 heteroatoms. The highest BCUT2D eigenvalue weighted by molar-refractivity contribution is 5.95. The van der Waals surface area contributed by atoms with E-state index in [1.165, 1.54) is 22.9 Å². The van der Waals surface area contributed by atoms with Gasteiger partial charge in [-0.25, -0.2) is 15.0 Å². The van der Waals surface area contributed by atoms with E-state index in [-0.39, 0.29) is 61.7 Å². The number of likely N-dealkylation sites (N-methyl/N-ethyl adjacent to an activating group) is 1. The van der Waals surface area contributed by atoms with E-state index in [1.807, 2.05) is 74.2 Å². The van der Waals surface area contributed by atoms with Gasteiger partial charge in [-0.3, -0.25) is 19.6 Å². The van der Waals surface area contributed by atoms with Crippen LogP contribution in [-0.4, -0.2) is 197 Å². The Balaban J connectivity index is 0.000000151. The monoisotopic (exact) mass is 1460 g/mol. The third-order valence-corrected chi connectivity index (χ3v) is 22.8. The summed E-state index contributed by atoms with van der Waals surface area (Å²) in [6.07, 6.45) is 25.8. The van der Waals surface area contributed by atoms with Crippen molar-refractivity contribution in [1.29, 1.82) is 0 Å². The molecule has 3 saturated carbocycles. The van der Waals surface area contributed by atoms with E-state index in [0.717, 1.165) is 229 Å². The lowest BCUT2D eigenvalue weighted by atomic mass is 9.89. The molecule has 3 aliphatic carbocycles. The number of nitrogens with zero attached hydrogens (tertiary/aromatic N) is 14. The molecule has 7 N–H and O–H groups in total. The van der Waals surface area contributed by atoms with Gasteiger partial charge in [-0.15, -0.1) is 0 Å². The average molecular weight is 1460 g/mol. The standard InChI is InChI=1S/C29H37F3N6O2.C29H40N6O3.C22H35N5O/c1-18-14-21(15-19(2)35-18)27(40)37-12-8-20(9-13-37)25-17-38(22-4-6-23(39)7-5-22)26-24(25)16-34-28(36-26)33-11-3-10-29(30,31)32;1-19-15-22(16-20(2)32-19)28(38)34-12-9-21(10-13-34)26-18-35(23-5-7-24(37)8-6-23)27-25(26)17-31-29(33-27)30-11-3-4-14-36;1-4-5-15(2)24-22-23-12-19-20(16-10-11-26(3)13-16)14-27(21(19)25-22)17-6-8-18(28)9-7-17/h14-17,20,22-23,39H,3-13H2,1-2H3,(H,33,34,36);15-18,21,23-24,36-37H,3-14H2,1-2H3,(H,30,31,33);12,14-18,28H,4-11,13H2,1-3H3,(H,23,24,25)/t;;15-,16?,17?,18?/m..0/s1. The zero-order chi connectivity index (χ0) is 74.8. The highest BCUT2D eigenvalue weighted by atomic mass is 19.4. The van der Waals surface area contributed by atoms with Crippen molar-refractivity contribution in [2.24, 2.45) is 0 Å². The second-order valence-corrected chi connectivity index (χ2v) is 31.1. The van der Waals surface area contributed by atoms with Crippen LogP contribution in [0.1, 0.15) is 258 Å². The topological polar surface area (TPSA) is 279 Å². The van der Waals surface area contributed by atoms with Crippen LogP contribution in [0.15, 0.2) is 61.4 Å². The first-order valence-corrected chi connectivity index (χ1v) is 39.3. The number of nitrogens with one attached hydrogen (secondary N) is 3. The highest BCUT2D eigenvalue weighted by Crippen LogP contribution is 2.43. The number of unbranched alkanes of at least 4 members (excludes halogenated alkanes) is 1. The number of fused-ring (bicyclic) bond motifs is 3. The van der Waals surface area contributed by atoms with Crippen molar-refractivity contribution in [2.75, 3.05) is 82.0 Å². The van der Waals surface area contributed by atoms with Gasteiger partial charge in [0.1, 0.15) is 16.9 Å². The number of aryl methyl sites for hydroxylation is 4. The molecule has 6 fully saturated rings. The Morgan fingerprint density at radius 2 is 0.877 bits per heavy atom. The zero-order valence-corrected chi connectivity index (χ0v) is 63.2. The van der Waals surface area contributed by atoms with Crippen LogP contribution in [0.5, 0.6) is 0 Å². The highest BCUT2D eigenvalue weighted by Gasteiger charge is 2.35. The quantitative estimate of drug-likeness (QED) is 0.0329. The van der Waals surface area contributed by atoms with Crippen molar-refractivity contribution in [2.45, 2.75) is 256 Å². The molecule has 8 aromatic rings. The Bertz CT molecular complexity index is 4200. The van der Waals surface area contributed by atoms with E-state index in [2.05, 4.69) is 99.0 Å². The summed E-state index contributed by atoms with van der Waals surface area (Å²) in [6.45, 7) is 18.1. The van der Waals surface area contributed by atoms with E-state index in [1.54, 1.807) is 6.20 Å². The van der Waals surface area contributed by atoms with E-state index < -0.39 is 12.6 Å². The molecule has 14 rings (SSSR count). The molecule has 2 atom stereocenters. The van der Waals surface area contributed by atoms with E-state index in [4.69, 9.17) is 20.1 Å². The predicted molar refractivity (Wildman–Crippen MR) is 408 cm³/mol. The number of aliphatic hydroxyl groups excluding tert-OH is 4. The third kappa shape index (κ3) is 19.5. The van der Waals surface area contributed by atoms with Crippen molar-refractivity contribution in [3.05, 3.63) is 112 Å². The summed E-state index contributed by atoms with van der Waals surface area (Å²) in [5.41, 5.74) is 11.4. The SMILES string of the molecule is CCC[C@H](C)Nc1ncc2c(C3CCN(C)C3)cn(C3CCC(O)CC3)c2n1.Cc1cc(C(=O)N2CCC(c3cn(C4CCC(O)CC4)c4nc(NCCCC(F)(F)F)ncc34)CC2)cc(C)n1.Cc1cc(C(=O)N2CCC(c3cn(C4CCC(O)CC4)c4nc(NCCCCO)ncc34)CC2)cc(C)n1. The third-order valence-electron chi connectivity index (χ3n) is 22.8. The second-order valence-electron chi connectivity index (χ2n) is 31.1. The number of aromatic nitrogens is 11. The van der Waals surface area contributed by atoms with Crippen molar-refractivity contribution in [3.8, 4) is 0 Å². The van der Waals surface area contributed by atoms with Gasteiger partial charge in [-0.1, -0.05) is 13.3 Å². The number of amides is 2. The normalized spacial score (nSPS) is 22.5. The summed E-state index contributed by atoms with van der Waals surface area (Å²) in [5, 5.41) is 52.1. The molecule has 1 unspecified atom stereocenters. The lowest BCUT2D eigenvalue weighted by Crippen LogP contribution is -2.38. The van der Waals surface area contributed by atoms with Gasteiger partial charge in [0.25, 0.3) is 11.8 Å². The molecule has 8 aromatic heterocycles. The van der Waals surface area contributed by atoms with Crippen LogP contribution in [0.3, 0.4) is 0 Å². The van der Waals surface area contributed by atoms with Gasteiger partial charge in [0, 0.05) is 176 Å². The number of carbonyl (C=O) groups excluding carboxylic acids is 2. The van der Waals surface area contributed by atoms with E-state index in [9.17, 15) is 38.1 Å². The van der Waals surface area contributed by atoms with Crippen LogP contribution in [0, 0.1) is 27.7 Å². The second kappa shape index (κ2) is 35.4. The number of alkyl halides is 3. The number of carbonyl (C=O) groups is 2. The average Bonchev–Trinajstić information content (AvgIpc) is 1.63. The van der Waals surface area contributed by atoms with Gasteiger partial charge >= 0.3 is 6.18 Å². The van der Waals surface area contributed by atoms with Crippen LogP contribution in [-0.2, 0) is 0 Å². The molecule has 0 spiro atoms. The zero-order valence-electron chi connectivity index (χ0n) is 63.2. The molecule has 106 heavy (non-hydrogen) atoms. The molecular formula is C80H112F3N17O6. The number of rotatable bonds is 21. The van der Waals surface area contributed by atoms with Crippen molar-refractivity contribution in [3.63, 3.8) is 0 Å². The molecule has 0 aromatic carbocycles. The number of likely N-dealkylation sites (tertiary alicyclic amines) is 3. The van der Waals surface area contributed by atoms with Crippen LogP contribution < -0.4 is 16.0 Å². The molecule has 2 amide bonds. The molecule has 574 valence electrons. The van der Waals surface area contributed by atoms with Gasteiger partial charge < -0.3 is 64.8 Å². The number of aliphatic hydroxyl groups is 4. The van der Waals surface area contributed by atoms with Crippen LogP contribution in [0.4, 0.5) is 31.0 Å². The van der Waals surface area contributed by atoms with Gasteiger partial charge in [0.2, 0.25) is 17.8 Å². The number of halogens is 3. The van der Waals surface area contributed by atoms with Gasteiger partial charge in [0.05, 0.1) is 18.3 Å². The first-order chi connectivity index (χ1) is 51.0. The fraction of sp³-hybridized carbons (Fsp3) is 0.625. The minimum Gasteiger partial charge on any atom is -0.396 e. The largest absolute Gasteiger partial charge is 0.396 e. The lowest BCUT2D eigenvalue weighted by Gasteiger charge is -2.32. The molecule has 3 saturated heterocycles. The Morgan fingerprint density at radius 1 is 0.509 bits per heavy atom. The lowest BCUT2D eigenvalue weighted by molar-refractivity contribution is -0.134. The summed E-state index contributed by atoms with van der Waals surface area (Å²) < 4.78 is 44.5. The Hall–Kier alpha value is -7.91. The minimum absolute atomic E-state index is 0.0276. The van der Waals surface area contributed by atoms with Crippen molar-refractivity contribution < 1.29 is 43.2 Å². The van der Waals surface area contributed by atoms with Crippen molar-refractivity contribution in [1.82, 2.24) is 68.3 Å². The van der Waals surface area contributed by atoms with E-state index in [0.29, 0.717) is 60.5 Å². The molecule has 11 heterocycles. The van der Waals surface area contributed by atoms with Gasteiger partial charge in [-0.2, -0.15) is 28.1 Å². The van der Waals surface area contributed by atoms with Crippen LogP contribution >= 0.6 is 0 Å². The number of anilines is 3. The van der Waals surface area contributed by atoms with Gasteiger partial charge in [0.15, 0.2) is 0 Å². The smallest absolute Gasteiger partial charge is 0.389 e. The number of piperidine rings is 2. The number of hydrogen-bond donors (Lipinski definition) is 7. The van der Waals surface area contributed by atoms with E-state index >= 15 is 0 Å². The molecule has 3 aliphatic heterocycles. The fourth-order valence-electron chi connectivity index (χ4n) is 17.1. The maximum Gasteiger partial charge on any atom is 0.389 e. The molecule has 0 bridgehead atoms. The summed E-state index contributed by atoms with van der Waals surface area (Å²) >= 11 is 0. The Labute approximate surface area is 621 Å². The Morgan fingerprint density at radius 3 is 1.25 bits per heavy atom. The molecule has 0 radical (unpaired) electrons. The Kier molecular flexibility index (Phi) is 26.0. The van der Waals surface area contributed by atoms with Crippen LogP contribution in [0.25, 0.3) is 33.1 Å². The predicted octanol–water partition coefficient (Wildman–Crippen LogP) is 13.7. The molecule has 6 aliphatic rings. The van der Waals surface area contributed by atoms with Crippen LogP contribution in [0.2, 0.25) is 0 Å². The first kappa shape index (κ1) is 77.7. The summed E-state index contributed by atoms with van der Waals surface area (Å²) in [5.74, 6) is 2.91. The fourth-order valence-corrected chi connectivity index (χ4v) is 17.1. The summed E-state index contributed by atoms with van der Waals surface area (Å²) in [6, 6.07) is 8.73. The molecular weight excluding hydrogens is 1350 g/mol. The number of hydrogen-bond acceptors (Lipinski definition) is 18.